The van der Waals surface area contributed by atoms with E-state index in [9.17, 15) is 14.4 Å². The largest absolute Gasteiger partial charge is 0.465 e. The van der Waals surface area contributed by atoms with Gasteiger partial charge in [-0.05, 0) is 30.5 Å². The SMILES string of the molecule is COC(=O)c1cc(NC(=O)NC(C)C(C)(C)C)cc(C(=O)OC)c1. The molecule has 1 atom stereocenters. The van der Waals surface area contributed by atoms with Crippen molar-refractivity contribution < 1.29 is 23.9 Å². The van der Waals surface area contributed by atoms with Crippen LogP contribution in [0.25, 0.3) is 0 Å². The van der Waals surface area contributed by atoms with Gasteiger partial charge in [-0.2, -0.15) is 0 Å². The van der Waals surface area contributed by atoms with Crippen molar-refractivity contribution in [2.75, 3.05) is 19.5 Å². The summed E-state index contributed by atoms with van der Waals surface area (Å²) in [6.07, 6.45) is 0. The average molecular weight is 336 g/mol. The Morgan fingerprint density at radius 1 is 0.958 bits per heavy atom. The Morgan fingerprint density at radius 3 is 1.79 bits per heavy atom. The van der Waals surface area contributed by atoms with Crippen LogP contribution in [0.1, 0.15) is 48.4 Å². The number of anilines is 1. The number of urea groups is 1. The molecule has 0 bridgehead atoms. The molecular formula is C17H24N2O5. The monoisotopic (exact) mass is 336 g/mol. The van der Waals surface area contributed by atoms with Gasteiger partial charge in [0, 0.05) is 11.7 Å². The Balaban J connectivity index is 3.03. The maximum absolute atomic E-state index is 12.1. The van der Waals surface area contributed by atoms with Gasteiger partial charge in [0.05, 0.1) is 25.3 Å². The molecule has 2 N–H and O–H groups in total. The molecule has 0 aliphatic rings. The van der Waals surface area contributed by atoms with Crippen molar-refractivity contribution in [3.8, 4) is 0 Å². The average Bonchev–Trinajstić information content (AvgIpc) is 2.51. The summed E-state index contributed by atoms with van der Waals surface area (Å²) in [6, 6.07) is 3.69. The van der Waals surface area contributed by atoms with E-state index in [0.717, 1.165) is 0 Å². The fourth-order valence-corrected chi connectivity index (χ4v) is 1.75. The molecule has 0 aliphatic carbocycles. The summed E-state index contributed by atoms with van der Waals surface area (Å²) >= 11 is 0. The molecule has 1 aromatic carbocycles. The number of rotatable bonds is 4. The van der Waals surface area contributed by atoms with Gasteiger partial charge in [0.15, 0.2) is 0 Å². The van der Waals surface area contributed by atoms with Crippen molar-refractivity contribution >= 4 is 23.7 Å². The molecule has 0 saturated heterocycles. The van der Waals surface area contributed by atoms with Crippen LogP contribution in [0, 0.1) is 5.41 Å². The normalized spacial score (nSPS) is 12.1. The molecule has 132 valence electrons. The van der Waals surface area contributed by atoms with Crippen LogP contribution in [0.15, 0.2) is 18.2 Å². The molecule has 1 aromatic rings. The number of methoxy groups -OCH3 is 2. The minimum absolute atomic E-state index is 0.0821. The van der Waals surface area contributed by atoms with Crippen LogP contribution < -0.4 is 10.6 Å². The third-order valence-electron chi connectivity index (χ3n) is 3.68. The fourth-order valence-electron chi connectivity index (χ4n) is 1.75. The first kappa shape index (κ1) is 19.5. The number of carbonyl (C=O) groups excluding carboxylic acids is 3. The smallest absolute Gasteiger partial charge is 0.337 e. The fraction of sp³-hybridized carbons (Fsp3) is 0.471. The van der Waals surface area contributed by atoms with Crippen LogP contribution in [-0.2, 0) is 9.47 Å². The van der Waals surface area contributed by atoms with Crippen LogP contribution in [0.3, 0.4) is 0 Å². The van der Waals surface area contributed by atoms with Gasteiger partial charge in [-0.3, -0.25) is 0 Å². The Morgan fingerprint density at radius 2 is 1.42 bits per heavy atom. The summed E-state index contributed by atoms with van der Waals surface area (Å²) in [7, 11) is 2.47. The lowest BCUT2D eigenvalue weighted by Crippen LogP contribution is -2.43. The second-order valence-electron chi connectivity index (χ2n) is 6.47. The molecule has 0 aromatic heterocycles. The van der Waals surface area contributed by atoms with E-state index in [4.69, 9.17) is 0 Å². The van der Waals surface area contributed by atoms with Gasteiger partial charge in [0.25, 0.3) is 0 Å². The Bertz CT molecular complexity index is 600. The van der Waals surface area contributed by atoms with Crippen molar-refractivity contribution in [2.45, 2.75) is 33.7 Å². The summed E-state index contributed by atoms with van der Waals surface area (Å²) in [4.78, 5) is 35.6. The van der Waals surface area contributed by atoms with Crippen molar-refractivity contribution in [3.05, 3.63) is 29.3 Å². The zero-order valence-corrected chi connectivity index (χ0v) is 14.9. The minimum Gasteiger partial charge on any atom is -0.465 e. The third-order valence-corrected chi connectivity index (χ3v) is 3.68. The molecule has 2 amide bonds. The first-order valence-corrected chi connectivity index (χ1v) is 7.47. The van der Waals surface area contributed by atoms with Crippen LogP contribution in [-0.4, -0.2) is 38.2 Å². The summed E-state index contributed by atoms with van der Waals surface area (Å²) in [5.41, 5.74) is 0.457. The lowest BCUT2D eigenvalue weighted by molar-refractivity contribution is 0.0599. The van der Waals surface area contributed by atoms with E-state index in [1.165, 1.54) is 32.4 Å². The molecule has 1 rings (SSSR count). The van der Waals surface area contributed by atoms with Crippen LogP contribution in [0.2, 0.25) is 0 Å². The predicted octanol–water partition coefficient (Wildman–Crippen LogP) is 2.82. The van der Waals surface area contributed by atoms with E-state index >= 15 is 0 Å². The zero-order chi connectivity index (χ0) is 18.5. The van der Waals surface area contributed by atoms with E-state index in [1.54, 1.807) is 0 Å². The molecule has 0 spiro atoms. The zero-order valence-electron chi connectivity index (χ0n) is 14.9. The quantitative estimate of drug-likeness (QED) is 0.825. The number of amides is 2. The molecule has 0 aliphatic heterocycles. The highest BCUT2D eigenvalue weighted by molar-refractivity contribution is 5.99. The van der Waals surface area contributed by atoms with E-state index in [0.29, 0.717) is 0 Å². The van der Waals surface area contributed by atoms with Gasteiger partial charge < -0.3 is 20.1 Å². The van der Waals surface area contributed by atoms with E-state index in [1.807, 2.05) is 27.7 Å². The number of hydrogen-bond acceptors (Lipinski definition) is 5. The maximum Gasteiger partial charge on any atom is 0.337 e. The molecule has 0 fully saturated rings. The van der Waals surface area contributed by atoms with Crippen molar-refractivity contribution in [2.24, 2.45) is 5.41 Å². The highest BCUT2D eigenvalue weighted by atomic mass is 16.5. The van der Waals surface area contributed by atoms with E-state index in [-0.39, 0.29) is 28.3 Å². The Labute approximate surface area is 141 Å². The van der Waals surface area contributed by atoms with Crippen LogP contribution >= 0.6 is 0 Å². The number of esters is 2. The van der Waals surface area contributed by atoms with Crippen molar-refractivity contribution in [1.29, 1.82) is 0 Å². The molecule has 7 heteroatoms. The van der Waals surface area contributed by atoms with Gasteiger partial charge in [-0.25, -0.2) is 14.4 Å². The Kier molecular flexibility index (Phi) is 6.34. The number of hydrogen-bond donors (Lipinski definition) is 2. The van der Waals surface area contributed by atoms with E-state index < -0.39 is 18.0 Å². The number of ether oxygens (including phenoxy) is 2. The molecule has 24 heavy (non-hydrogen) atoms. The first-order valence-electron chi connectivity index (χ1n) is 7.47. The second-order valence-corrected chi connectivity index (χ2v) is 6.47. The van der Waals surface area contributed by atoms with Gasteiger partial charge in [-0.15, -0.1) is 0 Å². The number of nitrogens with one attached hydrogen (secondary N) is 2. The lowest BCUT2D eigenvalue weighted by Gasteiger charge is -2.28. The summed E-state index contributed by atoms with van der Waals surface area (Å²) < 4.78 is 9.31. The van der Waals surface area contributed by atoms with E-state index in [2.05, 4.69) is 20.1 Å². The number of carbonyl (C=O) groups is 3. The minimum atomic E-state index is -0.618. The van der Waals surface area contributed by atoms with Gasteiger partial charge in [0.1, 0.15) is 0 Å². The van der Waals surface area contributed by atoms with Gasteiger partial charge in [-0.1, -0.05) is 20.8 Å². The highest BCUT2D eigenvalue weighted by Crippen LogP contribution is 2.20. The van der Waals surface area contributed by atoms with Crippen molar-refractivity contribution in [1.82, 2.24) is 5.32 Å². The lowest BCUT2D eigenvalue weighted by atomic mass is 9.88. The summed E-state index contributed by atoms with van der Waals surface area (Å²) in [5, 5.41) is 5.43. The van der Waals surface area contributed by atoms with Crippen molar-refractivity contribution in [3.63, 3.8) is 0 Å². The molecular weight excluding hydrogens is 312 g/mol. The van der Waals surface area contributed by atoms with Gasteiger partial charge in [0.2, 0.25) is 0 Å². The second kappa shape index (κ2) is 7.81. The summed E-state index contributed by atoms with van der Waals surface area (Å²) in [5.74, 6) is -1.24. The standard InChI is InChI=1S/C17H24N2O5/c1-10(17(2,3)4)18-16(22)19-13-8-11(14(20)23-5)7-12(9-13)15(21)24-6/h7-10H,1-6H3,(H2,18,19,22). The highest BCUT2D eigenvalue weighted by Gasteiger charge is 2.22. The van der Waals surface area contributed by atoms with Gasteiger partial charge >= 0.3 is 18.0 Å². The first-order chi connectivity index (χ1) is 11.1. The molecule has 0 heterocycles. The Hall–Kier alpha value is -2.57. The molecule has 7 nitrogen and oxygen atoms in total. The number of benzene rings is 1. The summed E-state index contributed by atoms with van der Waals surface area (Å²) in [6.45, 7) is 7.91. The topological polar surface area (TPSA) is 93.7 Å². The molecule has 1 unspecified atom stereocenters. The van der Waals surface area contributed by atoms with Crippen LogP contribution in [0.5, 0.6) is 0 Å². The predicted molar refractivity (Wildman–Crippen MR) is 90.2 cm³/mol. The third kappa shape index (κ3) is 5.26. The maximum atomic E-state index is 12.1. The van der Waals surface area contributed by atoms with Crippen LogP contribution in [0.4, 0.5) is 10.5 Å². The molecule has 0 radical (unpaired) electrons. The molecule has 0 saturated carbocycles.